The van der Waals surface area contributed by atoms with Gasteiger partial charge in [0.15, 0.2) is 5.82 Å². The molecule has 0 aliphatic heterocycles. The molecule has 2 aromatic rings. The highest BCUT2D eigenvalue weighted by Crippen LogP contribution is 2.29. The van der Waals surface area contributed by atoms with Gasteiger partial charge in [0.25, 0.3) is 0 Å². The van der Waals surface area contributed by atoms with Gasteiger partial charge in [0.05, 0.1) is 6.04 Å². The van der Waals surface area contributed by atoms with Gasteiger partial charge in [-0.25, -0.2) is 4.68 Å². The number of aromatic nitrogens is 4. The van der Waals surface area contributed by atoms with Crippen molar-refractivity contribution in [1.29, 1.82) is 0 Å². The molecule has 2 rings (SSSR count). The van der Waals surface area contributed by atoms with E-state index < -0.39 is 0 Å². The summed E-state index contributed by atoms with van der Waals surface area (Å²) in [4.78, 5) is 0. The molecule has 0 saturated carbocycles. The fourth-order valence-electron chi connectivity index (χ4n) is 2.39. The van der Waals surface area contributed by atoms with Gasteiger partial charge in [0.1, 0.15) is 0 Å². The molecule has 0 amide bonds. The summed E-state index contributed by atoms with van der Waals surface area (Å²) in [5, 5.41) is 12.1. The number of aryl methyl sites for hydroxylation is 1. The quantitative estimate of drug-likeness (QED) is 0.849. The summed E-state index contributed by atoms with van der Waals surface area (Å²) in [6.45, 7) is 8.60. The fraction of sp³-hybridized carbons (Fsp3) is 0.533. The lowest BCUT2D eigenvalue weighted by molar-refractivity contribution is 0.371. The third kappa shape index (κ3) is 2.81. The molecular formula is C15H23N5. The van der Waals surface area contributed by atoms with Crippen LogP contribution in [0.5, 0.6) is 0 Å². The molecule has 0 fully saturated rings. The van der Waals surface area contributed by atoms with Crippen molar-refractivity contribution in [3.63, 3.8) is 0 Å². The molecule has 0 radical (unpaired) electrons. The summed E-state index contributed by atoms with van der Waals surface area (Å²) in [5.41, 5.74) is 8.87. The van der Waals surface area contributed by atoms with Crippen LogP contribution in [0.2, 0.25) is 0 Å². The van der Waals surface area contributed by atoms with Gasteiger partial charge in [-0.05, 0) is 48.2 Å². The van der Waals surface area contributed by atoms with Crippen LogP contribution in [-0.2, 0) is 0 Å². The molecule has 1 aromatic heterocycles. The standard InChI is InChI=1S/C15H23N5/c1-5-10(2)9-12(4)20-15(17-18-19-20)13-8-6-7-11(3)14(13)16/h6-8,10,12H,5,9,16H2,1-4H3. The number of hydrogen-bond donors (Lipinski definition) is 1. The van der Waals surface area contributed by atoms with Crippen LogP contribution in [0.25, 0.3) is 11.4 Å². The van der Waals surface area contributed by atoms with Crippen LogP contribution < -0.4 is 5.73 Å². The molecule has 2 unspecified atom stereocenters. The number of nitrogen functional groups attached to an aromatic ring is 1. The maximum Gasteiger partial charge on any atom is 0.184 e. The maximum absolute atomic E-state index is 6.16. The number of nitrogens with zero attached hydrogens (tertiary/aromatic N) is 4. The van der Waals surface area contributed by atoms with E-state index in [0.717, 1.165) is 35.5 Å². The first-order valence-electron chi connectivity index (χ1n) is 7.17. The second-order valence-electron chi connectivity index (χ2n) is 5.58. The summed E-state index contributed by atoms with van der Waals surface area (Å²) >= 11 is 0. The Kier molecular flexibility index (Phi) is 4.37. The molecular weight excluding hydrogens is 250 g/mol. The van der Waals surface area contributed by atoms with Gasteiger partial charge in [0, 0.05) is 11.3 Å². The Morgan fingerprint density at radius 3 is 2.75 bits per heavy atom. The first kappa shape index (κ1) is 14.5. The zero-order chi connectivity index (χ0) is 14.7. The van der Waals surface area contributed by atoms with Crippen LogP contribution in [-0.4, -0.2) is 20.2 Å². The van der Waals surface area contributed by atoms with Crippen LogP contribution in [0.4, 0.5) is 5.69 Å². The minimum atomic E-state index is 0.259. The number of tetrazole rings is 1. The molecule has 108 valence electrons. The summed E-state index contributed by atoms with van der Waals surface area (Å²) in [7, 11) is 0. The van der Waals surface area contributed by atoms with Crippen LogP contribution >= 0.6 is 0 Å². The van der Waals surface area contributed by atoms with Crippen molar-refractivity contribution in [2.75, 3.05) is 5.73 Å². The Morgan fingerprint density at radius 1 is 1.30 bits per heavy atom. The number of hydrogen-bond acceptors (Lipinski definition) is 4. The number of rotatable bonds is 5. The average Bonchev–Trinajstić information content (AvgIpc) is 2.91. The molecule has 1 aromatic carbocycles. The highest BCUT2D eigenvalue weighted by atomic mass is 15.5. The zero-order valence-corrected chi connectivity index (χ0v) is 12.7. The monoisotopic (exact) mass is 273 g/mol. The van der Waals surface area contributed by atoms with Gasteiger partial charge in [-0.1, -0.05) is 32.4 Å². The second kappa shape index (κ2) is 6.03. The van der Waals surface area contributed by atoms with Gasteiger partial charge in [-0.15, -0.1) is 5.10 Å². The number of para-hydroxylation sites is 1. The summed E-state index contributed by atoms with van der Waals surface area (Å²) in [5.74, 6) is 1.40. The van der Waals surface area contributed by atoms with Crippen molar-refractivity contribution in [3.8, 4) is 11.4 Å². The van der Waals surface area contributed by atoms with Gasteiger partial charge in [0.2, 0.25) is 0 Å². The third-order valence-electron chi connectivity index (χ3n) is 3.92. The average molecular weight is 273 g/mol. The summed E-state index contributed by atoms with van der Waals surface area (Å²) < 4.78 is 1.89. The van der Waals surface area contributed by atoms with E-state index in [9.17, 15) is 0 Å². The van der Waals surface area contributed by atoms with Gasteiger partial charge in [-0.2, -0.15) is 0 Å². The summed E-state index contributed by atoms with van der Waals surface area (Å²) in [6.07, 6.45) is 2.22. The Labute approximate surface area is 120 Å². The Morgan fingerprint density at radius 2 is 2.05 bits per heavy atom. The van der Waals surface area contributed by atoms with E-state index in [0.29, 0.717) is 5.92 Å². The molecule has 1 heterocycles. The predicted octanol–water partition coefficient (Wildman–Crippen LogP) is 3.23. The lowest BCUT2D eigenvalue weighted by Crippen LogP contribution is -2.13. The van der Waals surface area contributed by atoms with Crippen LogP contribution in [0, 0.1) is 12.8 Å². The van der Waals surface area contributed by atoms with E-state index >= 15 is 0 Å². The maximum atomic E-state index is 6.16. The minimum Gasteiger partial charge on any atom is -0.398 e. The van der Waals surface area contributed by atoms with E-state index in [1.807, 2.05) is 29.8 Å². The smallest absolute Gasteiger partial charge is 0.184 e. The molecule has 5 nitrogen and oxygen atoms in total. The van der Waals surface area contributed by atoms with Gasteiger partial charge in [-0.3, -0.25) is 0 Å². The molecule has 0 spiro atoms. The predicted molar refractivity (Wildman–Crippen MR) is 81.2 cm³/mol. The van der Waals surface area contributed by atoms with Crippen molar-refractivity contribution in [3.05, 3.63) is 23.8 Å². The van der Waals surface area contributed by atoms with Crippen molar-refractivity contribution < 1.29 is 0 Å². The lowest BCUT2D eigenvalue weighted by Gasteiger charge is -2.17. The molecule has 5 heteroatoms. The van der Waals surface area contributed by atoms with E-state index in [-0.39, 0.29) is 6.04 Å². The van der Waals surface area contributed by atoms with Gasteiger partial charge < -0.3 is 5.73 Å². The second-order valence-corrected chi connectivity index (χ2v) is 5.58. The molecule has 0 saturated heterocycles. The zero-order valence-electron chi connectivity index (χ0n) is 12.7. The fourth-order valence-corrected chi connectivity index (χ4v) is 2.39. The Hall–Kier alpha value is -1.91. The van der Waals surface area contributed by atoms with E-state index in [4.69, 9.17) is 5.73 Å². The van der Waals surface area contributed by atoms with Crippen molar-refractivity contribution in [2.45, 2.75) is 46.6 Å². The topological polar surface area (TPSA) is 69.6 Å². The number of nitrogens with two attached hydrogens (primary N) is 1. The largest absolute Gasteiger partial charge is 0.398 e. The van der Waals surface area contributed by atoms with E-state index in [2.05, 4.69) is 36.3 Å². The van der Waals surface area contributed by atoms with Crippen molar-refractivity contribution >= 4 is 5.69 Å². The Bertz CT molecular complexity index is 575. The molecule has 2 N–H and O–H groups in total. The molecule has 20 heavy (non-hydrogen) atoms. The number of benzene rings is 1. The molecule has 0 aliphatic rings. The molecule has 0 bridgehead atoms. The SMILES string of the molecule is CCC(C)CC(C)n1nnnc1-c1cccc(C)c1N. The summed E-state index contributed by atoms with van der Waals surface area (Å²) in [6, 6.07) is 6.21. The van der Waals surface area contributed by atoms with Crippen LogP contribution in [0.15, 0.2) is 18.2 Å². The highest BCUT2D eigenvalue weighted by Gasteiger charge is 2.18. The van der Waals surface area contributed by atoms with Crippen LogP contribution in [0.1, 0.15) is 45.2 Å². The third-order valence-corrected chi connectivity index (χ3v) is 3.92. The number of anilines is 1. The van der Waals surface area contributed by atoms with Crippen LogP contribution in [0.3, 0.4) is 0 Å². The normalized spacial score (nSPS) is 14.2. The van der Waals surface area contributed by atoms with Gasteiger partial charge >= 0.3 is 0 Å². The first-order chi connectivity index (χ1) is 9.54. The molecule has 0 aliphatic carbocycles. The highest BCUT2D eigenvalue weighted by molar-refractivity contribution is 5.73. The molecule has 2 atom stereocenters. The lowest BCUT2D eigenvalue weighted by atomic mass is 10.00. The first-order valence-corrected chi connectivity index (χ1v) is 7.17. The Balaban J connectivity index is 2.35. The van der Waals surface area contributed by atoms with Crippen molar-refractivity contribution in [2.24, 2.45) is 5.92 Å². The van der Waals surface area contributed by atoms with Crippen molar-refractivity contribution in [1.82, 2.24) is 20.2 Å². The van der Waals surface area contributed by atoms with E-state index in [1.165, 1.54) is 0 Å². The minimum absolute atomic E-state index is 0.259. The van der Waals surface area contributed by atoms with E-state index in [1.54, 1.807) is 0 Å².